The molecule has 3 aromatic carbocycles. The van der Waals surface area contributed by atoms with Crippen molar-refractivity contribution < 1.29 is 22.7 Å². The summed E-state index contributed by atoms with van der Waals surface area (Å²) in [6, 6.07) is 16.7. The molecule has 0 fully saturated rings. The first-order chi connectivity index (χ1) is 18.8. The van der Waals surface area contributed by atoms with Crippen molar-refractivity contribution in [3.05, 3.63) is 87.9 Å². The van der Waals surface area contributed by atoms with E-state index in [4.69, 9.17) is 27.9 Å². The molecular formula is C29H33Cl2N3O5S. The molecule has 214 valence electrons. The summed E-state index contributed by atoms with van der Waals surface area (Å²) in [4.78, 5) is 28.4. The number of hydrogen-bond acceptors (Lipinski definition) is 5. The van der Waals surface area contributed by atoms with Crippen LogP contribution in [0.4, 0.5) is 5.69 Å². The first kappa shape index (κ1) is 31.3. The number of aryl methyl sites for hydroxylation is 1. The van der Waals surface area contributed by atoms with Crippen LogP contribution in [0.25, 0.3) is 0 Å². The Hall–Kier alpha value is -3.27. The Labute approximate surface area is 245 Å². The van der Waals surface area contributed by atoms with Crippen LogP contribution in [0.1, 0.15) is 31.9 Å². The molecule has 1 N–H and O–H groups in total. The Morgan fingerprint density at radius 2 is 1.62 bits per heavy atom. The number of rotatable bonds is 11. The van der Waals surface area contributed by atoms with Crippen molar-refractivity contribution in [2.45, 2.75) is 51.2 Å². The molecule has 0 radical (unpaired) electrons. The van der Waals surface area contributed by atoms with Gasteiger partial charge >= 0.3 is 0 Å². The van der Waals surface area contributed by atoms with Crippen molar-refractivity contribution in [1.82, 2.24) is 10.2 Å². The number of amides is 2. The number of halogens is 2. The van der Waals surface area contributed by atoms with E-state index in [-0.39, 0.29) is 34.8 Å². The van der Waals surface area contributed by atoms with Gasteiger partial charge in [0.05, 0.1) is 27.7 Å². The summed E-state index contributed by atoms with van der Waals surface area (Å²) in [5, 5.41) is 3.46. The molecule has 0 unspecified atom stereocenters. The monoisotopic (exact) mass is 605 g/mol. The topological polar surface area (TPSA) is 96.0 Å². The fourth-order valence-electron chi connectivity index (χ4n) is 4.05. The van der Waals surface area contributed by atoms with E-state index in [1.807, 2.05) is 20.8 Å². The normalized spacial score (nSPS) is 12.1. The number of ether oxygens (including phenoxy) is 1. The lowest BCUT2D eigenvalue weighted by molar-refractivity contribution is -0.139. The van der Waals surface area contributed by atoms with Gasteiger partial charge in [0.1, 0.15) is 18.3 Å². The van der Waals surface area contributed by atoms with Crippen LogP contribution in [0.15, 0.2) is 71.6 Å². The number of hydrogen-bond donors (Lipinski definition) is 1. The lowest BCUT2D eigenvalue weighted by atomic mass is 10.1. The fourth-order valence-corrected chi connectivity index (χ4v) is 5.81. The van der Waals surface area contributed by atoms with Crippen molar-refractivity contribution >= 4 is 50.7 Å². The zero-order valence-corrected chi connectivity index (χ0v) is 25.3. The van der Waals surface area contributed by atoms with E-state index >= 15 is 0 Å². The van der Waals surface area contributed by atoms with Crippen LogP contribution in [0.5, 0.6) is 5.75 Å². The van der Waals surface area contributed by atoms with Gasteiger partial charge in [0.15, 0.2) is 0 Å². The van der Waals surface area contributed by atoms with Crippen LogP contribution in [0.2, 0.25) is 10.0 Å². The molecule has 0 aliphatic rings. The van der Waals surface area contributed by atoms with E-state index in [9.17, 15) is 18.0 Å². The number of carbonyl (C=O) groups is 2. The van der Waals surface area contributed by atoms with Crippen LogP contribution >= 0.6 is 23.2 Å². The predicted octanol–water partition coefficient (Wildman–Crippen LogP) is 5.45. The predicted molar refractivity (Wildman–Crippen MR) is 158 cm³/mol. The number of sulfonamides is 1. The number of nitrogens with one attached hydrogen (secondary N) is 1. The van der Waals surface area contributed by atoms with Gasteiger partial charge < -0.3 is 15.0 Å². The SMILES string of the molecule is COc1ccc(C)cc1N(CC(=O)N(Cc1ccc(Cl)c(Cl)c1)[C@@H](C)C(=O)NC(C)C)S(=O)(=O)c1ccccc1. The van der Waals surface area contributed by atoms with Crippen LogP contribution in [0, 0.1) is 6.92 Å². The Balaban J connectivity index is 2.10. The molecule has 3 aromatic rings. The zero-order valence-electron chi connectivity index (χ0n) is 23.0. The lowest BCUT2D eigenvalue weighted by Crippen LogP contribution is -2.52. The second kappa shape index (κ2) is 13.4. The summed E-state index contributed by atoms with van der Waals surface area (Å²) < 4.78 is 34.4. The van der Waals surface area contributed by atoms with Crippen molar-refractivity contribution in [3.8, 4) is 5.75 Å². The molecule has 40 heavy (non-hydrogen) atoms. The van der Waals surface area contributed by atoms with Gasteiger partial charge in [0.2, 0.25) is 11.8 Å². The highest BCUT2D eigenvalue weighted by atomic mass is 35.5. The maximum atomic E-state index is 14.0. The van der Waals surface area contributed by atoms with Gasteiger partial charge in [0.25, 0.3) is 10.0 Å². The van der Waals surface area contributed by atoms with Gasteiger partial charge in [-0.05, 0) is 75.2 Å². The Kier molecular flexibility index (Phi) is 10.5. The van der Waals surface area contributed by atoms with Gasteiger partial charge in [-0.25, -0.2) is 8.42 Å². The average Bonchev–Trinajstić information content (AvgIpc) is 2.91. The third kappa shape index (κ3) is 7.47. The van der Waals surface area contributed by atoms with Crippen molar-refractivity contribution in [2.24, 2.45) is 0 Å². The standard InChI is InChI=1S/C29H33Cl2N3O5S/c1-19(2)32-29(36)21(4)33(17-22-12-13-24(30)25(31)16-22)28(35)18-34(26-15-20(3)11-14-27(26)39-5)40(37,38)23-9-7-6-8-10-23/h6-16,19,21H,17-18H2,1-5H3,(H,32,36)/t21-/m0/s1. The number of benzene rings is 3. The minimum absolute atomic E-state index is 0.00736. The summed E-state index contributed by atoms with van der Waals surface area (Å²) >= 11 is 12.3. The molecule has 0 heterocycles. The van der Waals surface area contributed by atoms with Crippen LogP contribution in [0.3, 0.4) is 0 Å². The molecule has 1 atom stereocenters. The summed E-state index contributed by atoms with van der Waals surface area (Å²) in [7, 11) is -2.79. The van der Waals surface area contributed by atoms with Crippen LogP contribution in [-0.4, -0.2) is 50.9 Å². The highest BCUT2D eigenvalue weighted by Gasteiger charge is 2.34. The third-order valence-corrected chi connectivity index (χ3v) is 8.66. The van der Waals surface area contributed by atoms with Crippen molar-refractivity contribution in [1.29, 1.82) is 0 Å². The van der Waals surface area contributed by atoms with Crippen LogP contribution in [-0.2, 0) is 26.2 Å². The Morgan fingerprint density at radius 1 is 0.950 bits per heavy atom. The van der Waals surface area contributed by atoms with Gasteiger partial charge in [-0.1, -0.05) is 53.5 Å². The van der Waals surface area contributed by atoms with E-state index in [0.717, 1.165) is 9.87 Å². The first-order valence-corrected chi connectivity index (χ1v) is 14.8. The molecule has 11 heteroatoms. The van der Waals surface area contributed by atoms with Crippen molar-refractivity contribution in [3.63, 3.8) is 0 Å². The summed E-state index contributed by atoms with van der Waals surface area (Å²) in [6.07, 6.45) is 0. The molecule has 2 amide bonds. The molecule has 0 aromatic heterocycles. The number of methoxy groups -OCH3 is 1. The maximum absolute atomic E-state index is 14.0. The molecule has 0 saturated carbocycles. The van der Waals surface area contributed by atoms with Gasteiger partial charge in [-0.15, -0.1) is 0 Å². The van der Waals surface area contributed by atoms with E-state index in [1.165, 1.54) is 24.1 Å². The average molecular weight is 607 g/mol. The largest absolute Gasteiger partial charge is 0.495 e. The summed E-state index contributed by atoms with van der Waals surface area (Å²) in [5.41, 5.74) is 1.60. The molecule has 0 aliphatic heterocycles. The molecular weight excluding hydrogens is 573 g/mol. The second-order valence-electron chi connectivity index (χ2n) is 9.61. The van der Waals surface area contributed by atoms with Crippen molar-refractivity contribution in [2.75, 3.05) is 18.0 Å². The fraction of sp³-hybridized carbons (Fsp3) is 0.310. The number of carbonyl (C=O) groups excluding carboxylic acids is 2. The smallest absolute Gasteiger partial charge is 0.264 e. The minimum atomic E-state index is -4.22. The van der Waals surface area contributed by atoms with E-state index in [1.54, 1.807) is 61.5 Å². The van der Waals surface area contributed by atoms with Gasteiger partial charge in [-0.2, -0.15) is 0 Å². The molecule has 3 rings (SSSR count). The molecule has 0 spiro atoms. The number of anilines is 1. The molecule has 8 nitrogen and oxygen atoms in total. The van der Waals surface area contributed by atoms with E-state index in [2.05, 4.69) is 5.32 Å². The lowest BCUT2D eigenvalue weighted by Gasteiger charge is -2.32. The Bertz CT molecular complexity index is 1470. The molecule has 0 aliphatic carbocycles. The minimum Gasteiger partial charge on any atom is -0.495 e. The van der Waals surface area contributed by atoms with E-state index < -0.39 is 28.5 Å². The third-order valence-electron chi connectivity index (χ3n) is 6.15. The first-order valence-electron chi connectivity index (χ1n) is 12.6. The van der Waals surface area contributed by atoms with E-state index in [0.29, 0.717) is 15.6 Å². The molecule has 0 bridgehead atoms. The highest BCUT2D eigenvalue weighted by Crippen LogP contribution is 2.34. The summed E-state index contributed by atoms with van der Waals surface area (Å²) in [6.45, 7) is 6.44. The summed E-state index contributed by atoms with van der Waals surface area (Å²) in [5.74, 6) is -0.700. The second-order valence-corrected chi connectivity index (χ2v) is 12.3. The maximum Gasteiger partial charge on any atom is 0.264 e. The van der Waals surface area contributed by atoms with Gasteiger partial charge in [-0.3, -0.25) is 13.9 Å². The Morgan fingerprint density at radius 3 is 2.23 bits per heavy atom. The van der Waals surface area contributed by atoms with Crippen LogP contribution < -0.4 is 14.4 Å². The quantitative estimate of drug-likeness (QED) is 0.313. The zero-order chi connectivity index (χ0) is 29.6. The molecule has 0 saturated heterocycles. The van der Waals surface area contributed by atoms with Gasteiger partial charge in [0, 0.05) is 12.6 Å². The highest BCUT2D eigenvalue weighted by molar-refractivity contribution is 7.92. The number of nitrogens with zero attached hydrogens (tertiary/aromatic N) is 2.